The zero-order valence-electron chi connectivity index (χ0n) is 9.06. The minimum Gasteiger partial charge on any atom is -0.298 e. The van der Waals surface area contributed by atoms with E-state index in [1.807, 2.05) is 0 Å². The van der Waals surface area contributed by atoms with Crippen LogP contribution in [0.15, 0.2) is 11.2 Å². The molecule has 1 heterocycles. The van der Waals surface area contributed by atoms with Crippen molar-refractivity contribution in [2.24, 2.45) is 7.05 Å². The van der Waals surface area contributed by atoms with Crippen LogP contribution < -0.4 is 4.72 Å². The van der Waals surface area contributed by atoms with Crippen LogP contribution in [0, 0.1) is 0 Å². The second-order valence-corrected chi connectivity index (χ2v) is 5.41. The molecule has 0 saturated heterocycles. The molecule has 1 aromatic rings. The van der Waals surface area contributed by atoms with Crippen molar-refractivity contribution in [3.8, 4) is 0 Å². The predicted octanol–water partition coefficient (Wildman–Crippen LogP) is 0.329. The molecule has 0 spiro atoms. The molecule has 8 heteroatoms. The summed E-state index contributed by atoms with van der Waals surface area (Å²) in [7, 11) is -2.37. The van der Waals surface area contributed by atoms with Gasteiger partial charge in [-0.1, -0.05) is 11.6 Å². The average molecular weight is 266 g/mol. The van der Waals surface area contributed by atoms with Crippen LogP contribution in [0.25, 0.3) is 0 Å². The summed E-state index contributed by atoms with van der Waals surface area (Å²) in [5.74, 6) is -0.276. The molecule has 1 aromatic heterocycles. The van der Waals surface area contributed by atoms with Crippen LogP contribution in [0.5, 0.6) is 0 Å². The summed E-state index contributed by atoms with van der Waals surface area (Å²) in [6.45, 7) is 2.77. The molecule has 1 N–H and O–H groups in total. The quantitative estimate of drug-likeness (QED) is 0.851. The van der Waals surface area contributed by atoms with E-state index in [9.17, 15) is 13.2 Å². The van der Waals surface area contributed by atoms with E-state index in [0.29, 0.717) is 0 Å². The Morgan fingerprint density at radius 1 is 1.62 bits per heavy atom. The van der Waals surface area contributed by atoms with Crippen LogP contribution in [-0.2, 0) is 21.9 Å². The summed E-state index contributed by atoms with van der Waals surface area (Å²) in [6, 6.07) is -0.795. The van der Waals surface area contributed by atoms with E-state index in [0.717, 1.165) is 4.68 Å². The Morgan fingerprint density at radius 3 is 2.56 bits per heavy atom. The number of rotatable bonds is 4. The molecular formula is C8H12ClN3O3S. The lowest BCUT2D eigenvalue weighted by Crippen LogP contribution is -2.38. The lowest BCUT2D eigenvalue weighted by atomic mass is 10.3. The lowest BCUT2D eigenvalue weighted by molar-refractivity contribution is -0.118. The van der Waals surface area contributed by atoms with Crippen LogP contribution in [0.2, 0.25) is 5.02 Å². The van der Waals surface area contributed by atoms with Crippen LogP contribution in [0.3, 0.4) is 0 Å². The summed E-state index contributed by atoms with van der Waals surface area (Å²) < 4.78 is 27.0. The lowest BCUT2D eigenvalue weighted by Gasteiger charge is -2.11. The van der Waals surface area contributed by atoms with Gasteiger partial charge >= 0.3 is 0 Å². The van der Waals surface area contributed by atoms with Gasteiger partial charge in [-0.25, -0.2) is 8.42 Å². The van der Waals surface area contributed by atoms with E-state index in [1.165, 1.54) is 27.1 Å². The average Bonchev–Trinajstić information content (AvgIpc) is 2.45. The molecule has 0 aliphatic heterocycles. The van der Waals surface area contributed by atoms with Crippen molar-refractivity contribution in [3.63, 3.8) is 0 Å². The van der Waals surface area contributed by atoms with E-state index in [4.69, 9.17) is 11.6 Å². The highest BCUT2D eigenvalue weighted by Crippen LogP contribution is 2.19. The Balaban J connectivity index is 3.09. The van der Waals surface area contributed by atoms with Crippen molar-refractivity contribution in [3.05, 3.63) is 11.2 Å². The smallest absolute Gasteiger partial charge is 0.259 e. The Labute approximate surface area is 98.6 Å². The van der Waals surface area contributed by atoms with Crippen molar-refractivity contribution in [2.45, 2.75) is 24.9 Å². The highest BCUT2D eigenvalue weighted by molar-refractivity contribution is 7.89. The molecule has 1 unspecified atom stereocenters. The van der Waals surface area contributed by atoms with Gasteiger partial charge in [-0.05, 0) is 13.8 Å². The third kappa shape index (κ3) is 2.60. The number of carbonyl (C=O) groups excluding carboxylic acids is 1. The van der Waals surface area contributed by atoms with Crippen LogP contribution >= 0.6 is 11.6 Å². The molecule has 0 aromatic carbocycles. The van der Waals surface area contributed by atoms with E-state index < -0.39 is 16.1 Å². The van der Waals surface area contributed by atoms with Gasteiger partial charge in [0.2, 0.25) is 0 Å². The topological polar surface area (TPSA) is 81.1 Å². The van der Waals surface area contributed by atoms with Crippen molar-refractivity contribution in [2.75, 3.05) is 0 Å². The minimum atomic E-state index is -3.82. The largest absolute Gasteiger partial charge is 0.298 e. The Kier molecular flexibility index (Phi) is 3.72. The molecule has 0 aliphatic carbocycles. The Morgan fingerprint density at radius 2 is 2.19 bits per heavy atom. The third-order valence-corrected chi connectivity index (χ3v) is 4.08. The molecular weight excluding hydrogens is 254 g/mol. The molecule has 0 aliphatic rings. The van der Waals surface area contributed by atoms with Crippen LogP contribution in [0.4, 0.5) is 0 Å². The standard InChI is InChI=1S/C8H12ClN3O3S/c1-5(6(2)13)11-16(14,15)8-7(9)4-10-12(8)3/h4-5,11H,1-3H3. The number of sulfonamides is 1. The van der Waals surface area contributed by atoms with Crippen molar-refractivity contribution in [1.29, 1.82) is 0 Å². The maximum Gasteiger partial charge on any atom is 0.259 e. The van der Waals surface area contributed by atoms with Gasteiger partial charge in [0.25, 0.3) is 10.0 Å². The van der Waals surface area contributed by atoms with E-state index >= 15 is 0 Å². The molecule has 90 valence electrons. The molecule has 1 rings (SSSR count). The summed E-state index contributed by atoms with van der Waals surface area (Å²) >= 11 is 5.71. The van der Waals surface area contributed by atoms with E-state index in [-0.39, 0.29) is 15.8 Å². The maximum atomic E-state index is 11.8. The highest BCUT2D eigenvalue weighted by Gasteiger charge is 2.25. The zero-order chi connectivity index (χ0) is 12.5. The first-order chi connectivity index (χ1) is 7.25. The minimum absolute atomic E-state index is 0.0192. The maximum absolute atomic E-state index is 11.8. The van der Waals surface area contributed by atoms with Crippen molar-refractivity contribution < 1.29 is 13.2 Å². The molecule has 0 bridgehead atoms. The predicted molar refractivity (Wildman–Crippen MR) is 58.7 cm³/mol. The highest BCUT2D eigenvalue weighted by atomic mass is 35.5. The normalized spacial score (nSPS) is 13.8. The van der Waals surface area contributed by atoms with Crippen LogP contribution in [-0.4, -0.2) is 30.0 Å². The monoisotopic (exact) mass is 265 g/mol. The number of nitrogens with zero attached hydrogens (tertiary/aromatic N) is 2. The molecule has 0 fully saturated rings. The summed E-state index contributed by atoms with van der Waals surface area (Å²) in [4.78, 5) is 11.0. The number of carbonyl (C=O) groups is 1. The summed E-state index contributed by atoms with van der Waals surface area (Å²) in [5.41, 5.74) is 0. The molecule has 16 heavy (non-hydrogen) atoms. The fourth-order valence-corrected chi connectivity index (χ4v) is 2.99. The second kappa shape index (κ2) is 4.52. The number of aryl methyl sites for hydroxylation is 1. The third-order valence-electron chi connectivity index (χ3n) is 2.04. The number of nitrogens with one attached hydrogen (secondary N) is 1. The molecule has 0 saturated carbocycles. The van der Waals surface area contributed by atoms with Gasteiger partial charge in [-0.2, -0.15) is 9.82 Å². The second-order valence-electron chi connectivity index (χ2n) is 3.37. The molecule has 0 radical (unpaired) electrons. The number of hydrogen-bond donors (Lipinski definition) is 1. The first-order valence-corrected chi connectivity index (χ1v) is 6.32. The van der Waals surface area contributed by atoms with Gasteiger partial charge in [0.05, 0.1) is 17.3 Å². The molecule has 1 atom stereocenters. The summed E-state index contributed by atoms with van der Waals surface area (Å²) in [5, 5.41) is 3.58. The Bertz CT molecular complexity index is 489. The van der Waals surface area contributed by atoms with Gasteiger partial charge < -0.3 is 0 Å². The SMILES string of the molecule is CC(=O)C(C)NS(=O)(=O)c1c(Cl)cnn1C. The fraction of sp³-hybridized carbons (Fsp3) is 0.500. The fourth-order valence-electron chi connectivity index (χ4n) is 1.07. The van der Waals surface area contributed by atoms with E-state index in [2.05, 4.69) is 9.82 Å². The van der Waals surface area contributed by atoms with Gasteiger partial charge in [-0.3, -0.25) is 9.48 Å². The Hall–Kier alpha value is -0.920. The molecule has 0 amide bonds. The summed E-state index contributed by atoms with van der Waals surface area (Å²) in [6.07, 6.45) is 1.23. The van der Waals surface area contributed by atoms with E-state index in [1.54, 1.807) is 0 Å². The number of hydrogen-bond acceptors (Lipinski definition) is 4. The zero-order valence-corrected chi connectivity index (χ0v) is 10.6. The van der Waals surface area contributed by atoms with Gasteiger partial charge in [0.15, 0.2) is 5.03 Å². The molecule has 6 nitrogen and oxygen atoms in total. The number of aromatic nitrogens is 2. The van der Waals surface area contributed by atoms with Crippen molar-refractivity contribution >= 4 is 27.4 Å². The van der Waals surface area contributed by atoms with Gasteiger partial charge in [-0.15, -0.1) is 0 Å². The van der Waals surface area contributed by atoms with Gasteiger partial charge in [0.1, 0.15) is 5.78 Å². The van der Waals surface area contributed by atoms with Crippen molar-refractivity contribution in [1.82, 2.24) is 14.5 Å². The number of Topliss-reactive ketones (excluding diaryl/α,β-unsaturated/α-hetero) is 1. The number of halogens is 1. The van der Waals surface area contributed by atoms with Crippen LogP contribution in [0.1, 0.15) is 13.8 Å². The number of ketones is 1. The first kappa shape index (κ1) is 13.1. The van der Waals surface area contributed by atoms with Gasteiger partial charge in [0, 0.05) is 7.05 Å². The first-order valence-electron chi connectivity index (χ1n) is 4.46.